The van der Waals surface area contributed by atoms with Crippen molar-refractivity contribution < 1.29 is 33.5 Å². The number of amides is 5. The lowest BCUT2D eigenvalue weighted by Gasteiger charge is -2.45. The number of aromatic nitrogens is 2. The third kappa shape index (κ3) is 11.3. The van der Waals surface area contributed by atoms with Crippen LogP contribution in [0.2, 0.25) is 0 Å². The largest absolute Gasteiger partial charge is 0.359 e. The highest BCUT2D eigenvalue weighted by atomic mass is 16.5. The van der Waals surface area contributed by atoms with Gasteiger partial charge in [0.2, 0.25) is 17.6 Å². The van der Waals surface area contributed by atoms with E-state index >= 15 is 0 Å². The fraction of sp³-hybridized carbons (Fsp3) is 0.722. The molecule has 0 bridgehead atoms. The molecule has 1 aliphatic heterocycles. The average molecular weight is 700 g/mol. The summed E-state index contributed by atoms with van der Waals surface area (Å²) in [6.07, 6.45) is 8.92. The summed E-state index contributed by atoms with van der Waals surface area (Å²) in [6.45, 7) is 14.6. The molecule has 0 aromatic carbocycles. The lowest BCUT2D eigenvalue weighted by molar-refractivity contribution is -0.174. The van der Waals surface area contributed by atoms with E-state index < -0.39 is 70.6 Å². The number of morpholine rings is 1. The molecule has 0 radical (unpaired) electrons. The van der Waals surface area contributed by atoms with Crippen LogP contribution in [0.25, 0.3) is 0 Å². The van der Waals surface area contributed by atoms with Crippen LogP contribution in [-0.2, 0) is 28.7 Å². The topological polar surface area (TPSA) is 189 Å². The van der Waals surface area contributed by atoms with Gasteiger partial charge in [0.1, 0.15) is 17.8 Å². The van der Waals surface area contributed by atoms with Gasteiger partial charge in [-0.05, 0) is 57.8 Å². The number of nitrogens with one attached hydrogen (secondary N) is 4. The van der Waals surface area contributed by atoms with E-state index in [-0.39, 0.29) is 37.2 Å². The molecule has 1 aliphatic carbocycles. The van der Waals surface area contributed by atoms with E-state index in [1.807, 2.05) is 34.6 Å². The van der Waals surface area contributed by atoms with Crippen LogP contribution in [-0.4, -0.2) is 99.1 Å². The van der Waals surface area contributed by atoms with E-state index in [1.165, 1.54) is 23.5 Å². The van der Waals surface area contributed by atoms with Crippen LogP contribution < -0.4 is 21.3 Å². The van der Waals surface area contributed by atoms with Crippen LogP contribution in [0.5, 0.6) is 0 Å². The van der Waals surface area contributed by atoms with Crippen molar-refractivity contribution in [2.45, 2.75) is 143 Å². The Balaban J connectivity index is 1.81. The minimum Gasteiger partial charge on any atom is -0.359 e. The summed E-state index contributed by atoms with van der Waals surface area (Å²) in [5.74, 6) is -3.64. The zero-order valence-electron chi connectivity index (χ0n) is 31.0. The van der Waals surface area contributed by atoms with Crippen molar-refractivity contribution in [2.24, 2.45) is 11.3 Å². The van der Waals surface area contributed by atoms with Crippen molar-refractivity contribution in [1.82, 2.24) is 36.1 Å². The Morgan fingerprint density at radius 3 is 2.24 bits per heavy atom. The molecule has 4 N–H and O–H groups in total. The second kappa shape index (κ2) is 17.8. The lowest BCUT2D eigenvalue weighted by atomic mass is 9.82. The molecule has 0 spiro atoms. The van der Waals surface area contributed by atoms with Crippen LogP contribution in [0.15, 0.2) is 18.6 Å². The van der Waals surface area contributed by atoms with Crippen molar-refractivity contribution in [3.63, 3.8) is 0 Å². The van der Waals surface area contributed by atoms with E-state index in [4.69, 9.17) is 4.74 Å². The predicted octanol–water partition coefficient (Wildman–Crippen LogP) is 2.46. The number of nitrogens with zero attached hydrogens (tertiary/aromatic N) is 3. The summed E-state index contributed by atoms with van der Waals surface area (Å²) in [5.41, 5.74) is -1.61. The fourth-order valence-electron chi connectivity index (χ4n) is 6.43. The molecular weight excluding hydrogens is 642 g/mol. The van der Waals surface area contributed by atoms with Gasteiger partial charge in [-0.1, -0.05) is 60.3 Å². The molecular formula is C36H57N7O7. The highest BCUT2D eigenvalue weighted by Crippen LogP contribution is 2.29. The van der Waals surface area contributed by atoms with Crippen molar-refractivity contribution in [1.29, 1.82) is 0 Å². The van der Waals surface area contributed by atoms with Crippen molar-refractivity contribution in [3.05, 3.63) is 24.3 Å². The number of Topliss-reactive ketones (excluding diaryl/α,β-unsaturated/α-hetero) is 1. The third-order valence-corrected chi connectivity index (χ3v) is 9.33. The van der Waals surface area contributed by atoms with Crippen LogP contribution >= 0.6 is 0 Å². The molecule has 5 amide bonds. The number of carbonyl (C=O) groups excluding carboxylic acids is 6. The van der Waals surface area contributed by atoms with E-state index in [2.05, 4.69) is 31.2 Å². The molecule has 1 saturated heterocycles. The Morgan fingerprint density at radius 1 is 0.980 bits per heavy atom. The first-order valence-electron chi connectivity index (χ1n) is 18.0. The van der Waals surface area contributed by atoms with E-state index in [0.717, 1.165) is 32.1 Å². The molecule has 3 unspecified atom stereocenters. The first-order valence-corrected chi connectivity index (χ1v) is 18.0. The summed E-state index contributed by atoms with van der Waals surface area (Å²) >= 11 is 0. The maximum atomic E-state index is 14.3. The van der Waals surface area contributed by atoms with Crippen molar-refractivity contribution in [2.75, 3.05) is 13.1 Å². The van der Waals surface area contributed by atoms with Gasteiger partial charge < -0.3 is 30.9 Å². The second-order valence-electron chi connectivity index (χ2n) is 15.3. The first-order chi connectivity index (χ1) is 23.5. The fourth-order valence-corrected chi connectivity index (χ4v) is 6.43. The highest BCUT2D eigenvalue weighted by Gasteiger charge is 2.45. The number of ketones is 1. The van der Waals surface area contributed by atoms with Gasteiger partial charge in [-0.3, -0.25) is 33.8 Å². The maximum Gasteiger partial charge on any atom is 0.289 e. The highest BCUT2D eigenvalue weighted by molar-refractivity contribution is 6.38. The Morgan fingerprint density at radius 2 is 1.66 bits per heavy atom. The summed E-state index contributed by atoms with van der Waals surface area (Å²) in [7, 11) is 0. The molecule has 14 nitrogen and oxygen atoms in total. The molecule has 278 valence electrons. The van der Waals surface area contributed by atoms with Gasteiger partial charge in [-0.2, -0.15) is 0 Å². The molecule has 1 aromatic heterocycles. The van der Waals surface area contributed by atoms with Crippen molar-refractivity contribution in [3.8, 4) is 0 Å². The van der Waals surface area contributed by atoms with Gasteiger partial charge in [-0.15, -0.1) is 0 Å². The molecule has 5 atom stereocenters. The monoisotopic (exact) mass is 699 g/mol. The van der Waals surface area contributed by atoms with Crippen LogP contribution in [0.3, 0.4) is 0 Å². The second-order valence-corrected chi connectivity index (χ2v) is 15.3. The summed E-state index contributed by atoms with van der Waals surface area (Å²) < 4.78 is 6.10. The molecule has 50 heavy (non-hydrogen) atoms. The average Bonchev–Trinajstić information content (AvgIpc) is 3.07. The Hall–Kier alpha value is -3.94. The van der Waals surface area contributed by atoms with Gasteiger partial charge >= 0.3 is 0 Å². The van der Waals surface area contributed by atoms with Crippen LogP contribution in [0, 0.1) is 11.3 Å². The smallest absolute Gasteiger partial charge is 0.289 e. The molecule has 2 heterocycles. The number of hydrogen-bond acceptors (Lipinski definition) is 9. The van der Waals surface area contributed by atoms with Gasteiger partial charge in [0.05, 0.1) is 24.4 Å². The summed E-state index contributed by atoms with van der Waals surface area (Å²) in [6, 6.07) is -3.15. The number of hydrogen-bond donors (Lipinski definition) is 4. The summed E-state index contributed by atoms with van der Waals surface area (Å²) in [5, 5.41) is 11.2. The predicted molar refractivity (Wildman–Crippen MR) is 187 cm³/mol. The Labute approximate surface area is 296 Å². The van der Waals surface area contributed by atoms with Gasteiger partial charge in [0.15, 0.2) is 6.10 Å². The minimum atomic E-state index is -1.13. The first kappa shape index (κ1) is 40.5. The minimum absolute atomic E-state index is 0.0865. The van der Waals surface area contributed by atoms with Gasteiger partial charge in [-0.25, -0.2) is 4.98 Å². The molecule has 2 fully saturated rings. The number of ether oxygens (including phenoxy) is 1. The summed E-state index contributed by atoms with van der Waals surface area (Å²) in [4.78, 5) is 90.3. The standard InChI is InChI=1S/C36H57N7O7/c1-9-14-24(28(44)33(48)39-22(3)10-2)40-31(46)26-20-43(21-36(7,8)50-26)34(49)29(35(4,5)6)42-32(47)27(23-15-12-11-13-16-23)41-30(45)25-19-37-17-18-38-25/h17-19,22-24,26-27,29H,9-16,20-21H2,1-8H3,(H,39,48)(H,40,46)(H,41,45)(H,42,47)/t22?,24-,26?,27?,29+/m0/s1. The lowest BCUT2D eigenvalue weighted by Crippen LogP contribution is -2.65. The van der Waals surface area contributed by atoms with Crippen LogP contribution in [0.4, 0.5) is 0 Å². The number of carbonyl (C=O) groups is 6. The van der Waals surface area contributed by atoms with E-state index in [0.29, 0.717) is 12.8 Å². The molecule has 1 aromatic rings. The zero-order chi connectivity index (χ0) is 37.2. The quantitative estimate of drug-likeness (QED) is 0.212. The van der Waals surface area contributed by atoms with Crippen LogP contribution in [0.1, 0.15) is 117 Å². The van der Waals surface area contributed by atoms with E-state index in [9.17, 15) is 28.8 Å². The SMILES string of the molecule is CCC[C@H](NC(=O)C1CN(C(=O)[C@@H](NC(=O)C(NC(=O)c2cnccn2)C2CCCCC2)C(C)(C)C)CC(C)(C)O1)C(=O)C(=O)NC(C)CC. The molecule has 2 aliphatic rings. The maximum absolute atomic E-state index is 14.3. The third-order valence-electron chi connectivity index (χ3n) is 9.33. The van der Waals surface area contributed by atoms with Crippen molar-refractivity contribution >= 4 is 35.3 Å². The zero-order valence-corrected chi connectivity index (χ0v) is 31.0. The number of rotatable bonds is 14. The van der Waals surface area contributed by atoms with Gasteiger partial charge in [0, 0.05) is 25.0 Å². The molecule has 1 saturated carbocycles. The normalized spacial score (nSPS) is 20.4. The molecule has 3 rings (SSSR count). The Kier molecular flexibility index (Phi) is 14.4. The van der Waals surface area contributed by atoms with E-state index in [1.54, 1.807) is 20.8 Å². The molecule has 14 heteroatoms. The van der Waals surface area contributed by atoms with Gasteiger partial charge in [0.25, 0.3) is 17.7 Å². The Bertz CT molecular complexity index is 1360.